The van der Waals surface area contributed by atoms with Crippen LogP contribution in [0.3, 0.4) is 0 Å². The molecule has 1 amide bonds. The summed E-state index contributed by atoms with van der Waals surface area (Å²) in [6.45, 7) is 0.595. The molecule has 1 saturated heterocycles. The maximum atomic E-state index is 11.6. The summed E-state index contributed by atoms with van der Waals surface area (Å²) in [4.78, 5) is 23.1. The number of esters is 1. The van der Waals surface area contributed by atoms with Crippen LogP contribution in [-0.4, -0.2) is 23.4 Å². The third kappa shape index (κ3) is 2.62. The molecule has 5 heteroatoms. The van der Waals surface area contributed by atoms with E-state index in [0.717, 1.165) is 10.6 Å². The first-order valence-corrected chi connectivity index (χ1v) is 5.45. The molecule has 1 aliphatic rings. The highest BCUT2D eigenvalue weighted by Crippen LogP contribution is 2.17. The van der Waals surface area contributed by atoms with E-state index in [-0.39, 0.29) is 12.5 Å². The number of carbonyl (C=O) groups is 2. The number of hydrogen-bond acceptors (Lipinski definition) is 4. The third-order valence-corrected chi connectivity index (χ3v) is 2.75. The van der Waals surface area contributed by atoms with Gasteiger partial charge >= 0.3 is 5.97 Å². The van der Waals surface area contributed by atoms with Gasteiger partial charge in [-0.15, -0.1) is 0 Å². The van der Waals surface area contributed by atoms with Crippen molar-refractivity contribution >= 4 is 11.9 Å². The molecule has 0 saturated carbocycles. The maximum Gasteiger partial charge on any atom is 0.318 e. The van der Waals surface area contributed by atoms with Gasteiger partial charge in [0.15, 0.2) is 0 Å². The standard InChI is InChI=1S/C12H14N2O3/c13-14-7-6-10(11(14)15)12(16)17-8-9-4-2-1-3-5-9/h1-5,10H,6-8,13H2/t10-/m0/s1. The van der Waals surface area contributed by atoms with Crippen molar-refractivity contribution in [2.24, 2.45) is 11.8 Å². The van der Waals surface area contributed by atoms with E-state index in [2.05, 4.69) is 0 Å². The Labute approximate surface area is 99.1 Å². The molecule has 1 fully saturated rings. The summed E-state index contributed by atoms with van der Waals surface area (Å²) in [7, 11) is 0. The van der Waals surface area contributed by atoms with E-state index >= 15 is 0 Å². The van der Waals surface area contributed by atoms with E-state index in [1.165, 1.54) is 0 Å². The fraction of sp³-hybridized carbons (Fsp3) is 0.333. The molecule has 17 heavy (non-hydrogen) atoms. The van der Waals surface area contributed by atoms with Gasteiger partial charge in [0.1, 0.15) is 12.5 Å². The molecule has 0 bridgehead atoms. The van der Waals surface area contributed by atoms with Crippen molar-refractivity contribution in [1.29, 1.82) is 0 Å². The van der Waals surface area contributed by atoms with Gasteiger partial charge in [0.05, 0.1) is 0 Å². The van der Waals surface area contributed by atoms with Gasteiger partial charge in [-0.1, -0.05) is 30.3 Å². The lowest BCUT2D eigenvalue weighted by Crippen LogP contribution is -2.36. The van der Waals surface area contributed by atoms with E-state index in [9.17, 15) is 9.59 Å². The van der Waals surface area contributed by atoms with Gasteiger partial charge in [-0.25, -0.2) is 5.84 Å². The fourth-order valence-electron chi connectivity index (χ4n) is 1.75. The molecular formula is C12H14N2O3. The molecule has 1 heterocycles. The molecule has 0 unspecified atom stereocenters. The highest BCUT2D eigenvalue weighted by Gasteiger charge is 2.36. The fourth-order valence-corrected chi connectivity index (χ4v) is 1.75. The van der Waals surface area contributed by atoms with E-state index in [1.807, 2.05) is 30.3 Å². The molecule has 2 rings (SSSR count). The minimum atomic E-state index is -0.733. The van der Waals surface area contributed by atoms with E-state index < -0.39 is 11.9 Å². The van der Waals surface area contributed by atoms with Crippen molar-refractivity contribution in [2.75, 3.05) is 6.54 Å². The lowest BCUT2D eigenvalue weighted by atomic mass is 10.1. The number of nitrogens with zero attached hydrogens (tertiary/aromatic N) is 1. The van der Waals surface area contributed by atoms with Crippen LogP contribution in [0.2, 0.25) is 0 Å². The first-order valence-electron chi connectivity index (χ1n) is 5.45. The Morgan fingerprint density at radius 3 is 2.71 bits per heavy atom. The Bertz CT molecular complexity index is 419. The Morgan fingerprint density at radius 2 is 2.12 bits per heavy atom. The first-order chi connectivity index (χ1) is 8.18. The molecule has 5 nitrogen and oxygen atoms in total. The summed E-state index contributed by atoms with van der Waals surface area (Å²) < 4.78 is 5.09. The Hall–Kier alpha value is -1.88. The first kappa shape index (κ1) is 11.6. The minimum Gasteiger partial charge on any atom is -0.460 e. The molecule has 2 N–H and O–H groups in total. The number of rotatable bonds is 3. The predicted molar refractivity (Wildman–Crippen MR) is 60.2 cm³/mol. The molecule has 1 aliphatic heterocycles. The summed E-state index contributed by atoms with van der Waals surface area (Å²) in [5.74, 6) is 3.81. The number of ether oxygens (including phenoxy) is 1. The van der Waals surface area contributed by atoms with Crippen molar-refractivity contribution in [3.63, 3.8) is 0 Å². The second-order valence-corrected chi connectivity index (χ2v) is 3.97. The second kappa shape index (κ2) is 4.97. The van der Waals surface area contributed by atoms with Crippen LogP contribution in [-0.2, 0) is 20.9 Å². The van der Waals surface area contributed by atoms with Crippen molar-refractivity contribution in [3.8, 4) is 0 Å². The highest BCUT2D eigenvalue weighted by molar-refractivity contribution is 5.98. The summed E-state index contributed by atoms with van der Waals surface area (Å²) >= 11 is 0. The number of benzene rings is 1. The zero-order chi connectivity index (χ0) is 12.3. The van der Waals surface area contributed by atoms with Gasteiger partial charge in [-0.2, -0.15) is 0 Å². The van der Waals surface area contributed by atoms with Gasteiger partial charge in [0, 0.05) is 6.54 Å². The number of nitrogens with two attached hydrogens (primary N) is 1. The lowest BCUT2D eigenvalue weighted by molar-refractivity contribution is -0.154. The van der Waals surface area contributed by atoms with Gasteiger partial charge in [0.25, 0.3) is 5.91 Å². The van der Waals surface area contributed by atoms with Gasteiger partial charge < -0.3 is 4.74 Å². The van der Waals surface area contributed by atoms with Gasteiger partial charge in [-0.3, -0.25) is 14.6 Å². The Kier molecular flexibility index (Phi) is 3.39. The molecule has 0 radical (unpaired) electrons. The van der Waals surface area contributed by atoms with Crippen molar-refractivity contribution < 1.29 is 14.3 Å². The third-order valence-electron chi connectivity index (χ3n) is 2.75. The largest absolute Gasteiger partial charge is 0.460 e. The summed E-state index contributed by atoms with van der Waals surface area (Å²) in [5.41, 5.74) is 0.899. The average molecular weight is 234 g/mol. The highest BCUT2D eigenvalue weighted by atomic mass is 16.5. The number of amides is 1. The van der Waals surface area contributed by atoms with Crippen LogP contribution < -0.4 is 5.84 Å². The maximum absolute atomic E-state index is 11.6. The SMILES string of the molecule is NN1CC[C@H](C(=O)OCc2ccccc2)C1=O. The van der Waals surface area contributed by atoms with E-state index in [1.54, 1.807) is 0 Å². The molecule has 0 spiro atoms. The van der Waals surface area contributed by atoms with Crippen LogP contribution in [0, 0.1) is 5.92 Å². The Morgan fingerprint density at radius 1 is 1.41 bits per heavy atom. The second-order valence-electron chi connectivity index (χ2n) is 3.97. The summed E-state index contributed by atoms with van der Waals surface area (Å²) in [6.07, 6.45) is 0.433. The number of carbonyl (C=O) groups excluding carboxylic acids is 2. The van der Waals surface area contributed by atoms with E-state index in [0.29, 0.717) is 13.0 Å². The summed E-state index contributed by atoms with van der Waals surface area (Å²) in [5, 5.41) is 1.06. The molecule has 0 aromatic heterocycles. The van der Waals surface area contributed by atoms with Crippen molar-refractivity contribution in [1.82, 2.24) is 5.01 Å². The normalized spacial score (nSPS) is 19.5. The van der Waals surface area contributed by atoms with Crippen LogP contribution in [0.15, 0.2) is 30.3 Å². The monoisotopic (exact) mass is 234 g/mol. The van der Waals surface area contributed by atoms with Crippen LogP contribution in [0.25, 0.3) is 0 Å². The molecular weight excluding hydrogens is 220 g/mol. The zero-order valence-corrected chi connectivity index (χ0v) is 9.33. The smallest absolute Gasteiger partial charge is 0.318 e. The Balaban J connectivity index is 1.88. The molecule has 1 aromatic rings. The molecule has 0 aliphatic carbocycles. The topological polar surface area (TPSA) is 72.6 Å². The van der Waals surface area contributed by atoms with Crippen molar-refractivity contribution in [2.45, 2.75) is 13.0 Å². The summed E-state index contributed by atoms with van der Waals surface area (Å²) in [6, 6.07) is 9.34. The van der Waals surface area contributed by atoms with Gasteiger partial charge in [-0.05, 0) is 12.0 Å². The van der Waals surface area contributed by atoms with Crippen LogP contribution in [0.4, 0.5) is 0 Å². The quantitative estimate of drug-likeness (QED) is 0.357. The lowest BCUT2D eigenvalue weighted by Gasteiger charge is -2.10. The van der Waals surface area contributed by atoms with Crippen LogP contribution in [0.1, 0.15) is 12.0 Å². The van der Waals surface area contributed by atoms with E-state index in [4.69, 9.17) is 10.6 Å². The minimum absolute atomic E-state index is 0.189. The number of hydrogen-bond donors (Lipinski definition) is 1. The van der Waals surface area contributed by atoms with Crippen LogP contribution >= 0.6 is 0 Å². The molecule has 90 valence electrons. The van der Waals surface area contributed by atoms with Crippen molar-refractivity contribution in [3.05, 3.63) is 35.9 Å². The predicted octanol–water partition coefficient (Wildman–Crippen LogP) is 0.452. The molecule has 1 atom stereocenters. The zero-order valence-electron chi connectivity index (χ0n) is 9.33. The molecule has 1 aromatic carbocycles. The van der Waals surface area contributed by atoms with Gasteiger partial charge in [0.2, 0.25) is 0 Å². The number of hydrazine groups is 1. The average Bonchev–Trinajstić information content (AvgIpc) is 2.69. The van der Waals surface area contributed by atoms with Crippen LogP contribution in [0.5, 0.6) is 0 Å².